The van der Waals surface area contributed by atoms with Crippen LogP contribution >= 0.6 is 27.7 Å². The van der Waals surface area contributed by atoms with E-state index >= 15 is 0 Å². The van der Waals surface area contributed by atoms with E-state index in [0.717, 1.165) is 21.4 Å². The molecular formula is C13H8BrN5OS. The number of halogens is 1. The number of Topliss-reactive ketones (excluding diaryl/α,β-unsaturated/α-hetero) is 1. The molecule has 8 heteroatoms. The van der Waals surface area contributed by atoms with E-state index in [-0.39, 0.29) is 5.78 Å². The Kier molecular flexibility index (Phi) is 3.00. The molecular weight excluding hydrogens is 354 g/mol. The fraction of sp³-hybridized carbons (Fsp3) is 0.154. The molecule has 0 unspecified atom stereocenters. The Bertz CT molecular complexity index is 861. The smallest absolute Gasteiger partial charge is 0.274 e. The lowest BCUT2D eigenvalue weighted by molar-refractivity contribution is 0.102. The minimum absolute atomic E-state index is 0.0732. The molecule has 0 N–H and O–H groups in total. The van der Waals surface area contributed by atoms with Gasteiger partial charge in [-0.3, -0.25) is 4.79 Å². The Balaban J connectivity index is 2.09. The predicted octanol–water partition coefficient (Wildman–Crippen LogP) is 2.38. The van der Waals surface area contributed by atoms with Crippen molar-refractivity contribution in [3.05, 3.63) is 40.0 Å². The SMILES string of the molecule is O=C1CSCc2nc3nnnn3c(-c3ccc(Br)cc3)c21. The number of tetrazole rings is 1. The van der Waals surface area contributed by atoms with Gasteiger partial charge in [0.05, 0.1) is 22.7 Å². The molecule has 0 amide bonds. The van der Waals surface area contributed by atoms with Gasteiger partial charge < -0.3 is 0 Å². The zero-order chi connectivity index (χ0) is 14.4. The number of ketones is 1. The Morgan fingerprint density at radius 3 is 2.81 bits per heavy atom. The third-order valence-electron chi connectivity index (χ3n) is 3.29. The lowest BCUT2D eigenvalue weighted by atomic mass is 10.0. The number of hydrogen-bond donors (Lipinski definition) is 0. The summed E-state index contributed by atoms with van der Waals surface area (Å²) in [4.78, 5) is 16.8. The topological polar surface area (TPSA) is 73.0 Å². The molecule has 0 saturated carbocycles. The van der Waals surface area contributed by atoms with Crippen molar-refractivity contribution >= 4 is 39.3 Å². The molecule has 0 spiro atoms. The highest BCUT2D eigenvalue weighted by atomic mass is 79.9. The maximum Gasteiger partial charge on any atom is 0.274 e. The van der Waals surface area contributed by atoms with Crippen LogP contribution in [0.5, 0.6) is 0 Å². The normalized spacial score (nSPS) is 14.4. The number of hydrogen-bond acceptors (Lipinski definition) is 6. The molecule has 4 rings (SSSR count). The minimum Gasteiger partial charge on any atom is -0.293 e. The second kappa shape index (κ2) is 4.88. The first-order chi connectivity index (χ1) is 10.2. The van der Waals surface area contributed by atoms with Gasteiger partial charge in [0, 0.05) is 15.8 Å². The van der Waals surface area contributed by atoms with Crippen molar-refractivity contribution in [1.29, 1.82) is 0 Å². The summed E-state index contributed by atoms with van der Waals surface area (Å²) in [6.07, 6.45) is 0. The largest absolute Gasteiger partial charge is 0.293 e. The lowest BCUT2D eigenvalue weighted by Gasteiger charge is -2.17. The highest BCUT2D eigenvalue weighted by Crippen LogP contribution is 2.32. The van der Waals surface area contributed by atoms with Crippen molar-refractivity contribution in [3.63, 3.8) is 0 Å². The van der Waals surface area contributed by atoms with Crippen molar-refractivity contribution < 1.29 is 4.79 Å². The fourth-order valence-electron chi connectivity index (χ4n) is 2.40. The van der Waals surface area contributed by atoms with E-state index < -0.39 is 0 Å². The van der Waals surface area contributed by atoms with E-state index in [1.54, 1.807) is 11.8 Å². The number of carbonyl (C=O) groups is 1. The van der Waals surface area contributed by atoms with Crippen LogP contribution in [0.2, 0.25) is 0 Å². The summed E-state index contributed by atoms with van der Waals surface area (Å²) in [6, 6.07) is 7.74. The summed E-state index contributed by atoms with van der Waals surface area (Å²) in [5.41, 5.74) is 3.01. The number of rotatable bonds is 1. The number of benzene rings is 1. The van der Waals surface area contributed by atoms with Gasteiger partial charge in [0.1, 0.15) is 0 Å². The van der Waals surface area contributed by atoms with Gasteiger partial charge in [-0.05, 0) is 22.6 Å². The van der Waals surface area contributed by atoms with Gasteiger partial charge in [0.15, 0.2) is 5.78 Å². The lowest BCUT2D eigenvalue weighted by Crippen LogP contribution is -2.18. The zero-order valence-electron chi connectivity index (χ0n) is 10.7. The highest BCUT2D eigenvalue weighted by molar-refractivity contribution is 9.10. The molecule has 0 aliphatic carbocycles. The van der Waals surface area contributed by atoms with Crippen molar-refractivity contribution in [2.24, 2.45) is 0 Å². The van der Waals surface area contributed by atoms with E-state index in [0.29, 0.717) is 22.8 Å². The molecule has 104 valence electrons. The highest BCUT2D eigenvalue weighted by Gasteiger charge is 2.27. The van der Waals surface area contributed by atoms with Crippen LogP contribution in [0.4, 0.5) is 0 Å². The zero-order valence-corrected chi connectivity index (χ0v) is 13.1. The Hall–Kier alpha value is -1.80. The van der Waals surface area contributed by atoms with Gasteiger partial charge in [-0.1, -0.05) is 33.2 Å². The Labute approximate surface area is 132 Å². The van der Waals surface area contributed by atoms with Crippen LogP contribution in [0.3, 0.4) is 0 Å². The molecule has 6 nitrogen and oxygen atoms in total. The number of fused-ring (bicyclic) bond motifs is 2. The van der Waals surface area contributed by atoms with Crippen LogP contribution in [-0.4, -0.2) is 36.6 Å². The number of nitrogens with zero attached hydrogens (tertiary/aromatic N) is 5. The second-order valence-electron chi connectivity index (χ2n) is 4.60. The molecule has 0 radical (unpaired) electrons. The molecule has 1 aliphatic heterocycles. The summed E-state index contributed by atoms with van der Waals surface area (Å²) in [6.45, 7) is 0. The van der Waals surface area contributed by atoms with Gasteiger partial charge in [0.2, 0.25) is 0 Å². The third kappa shape index (κ3) is 2.06. The molecule has 1 aliphatic rings. The molecule has 0 saturated heterocycles. The average molecular weight is 362 g/mol. The van der Waals surface area contributed by atoms with Crippen molar-refractivity contribution in [1.82, 2.24) is 25.0 Å². The quantitative estimate of drug-likeness (QED) is 0.662. The average Bonchev–Trinajstić information content (AvgIpc) is 2.94. The number of aromatic nitrogens is 5. The fourth-order valence-corrected chi connectivity index (χ4v) is 3.50. The first-order valence-electron chi connectivity index (χ1n) is 6.22. The maximum absolute atomic E-state index is 12.4. The van der Waals surface area contributed by atoms with E-state index in [2.05, 4.69) is 36.4 Å². The summed E-state index contributed by atoms with van der Waals surface area (Å²) in [5.74, 6) is 1.66. The Morgan fingerprint density at radius 2 is 2.00 bits per heavy atom. The maximum atomic E-state index is 12.4. The van der Waals surface area contributed by atoms with E-state index in [4.69, 9.17) is 0 Å². The number of carbonyl (C=O) groups excluding carboxylic acids is 1. The molecule has 3 aromatic rings. The van der Waals surface area contributed by atoms with E-state index in [9.17, 15) is 4.79 Å². The molecule has 0 fully saturated rings. The first-order valence-corrected chi connectivity index (χ1v) is 8.16. The molecule has 3 heterocycles. The van der Waals surface area contributed by atoms with Crippen LogP contribution in [0.25, 0.3) is 17.0 Å². The van der Waals surface area contributed by atoms with Gasteiger partial charge in [-0.25, -0.2) is 4.98 Å². The summed E-state index contributed by atoms with van der Waals surface area (Å²) >= 11 is 4.98. The van der Waals surface area contributed by atoms with Crippen LogP contribution in [0, 0.1) is 0 Å². The summed E-state index contributed by atoms with van der Waals surface area (Å²) in [7, 11) is 0. The van der Waals surface area contributed by atoms with Crippen LogP contribution in [0.1, 0.15) is 16.1 Å². The summed E-state index contributed by atoms with van der Waals surface area (Å²) < 4.78 is 2.51. The summed E-state index contributed by atoms with van der Waals surface area (Å²) in [5, 5.41) is 11.6. The number of thioether (sulfide) groups is 1. The molecule has 2 aromatic heterocycles. The molecule has 0 atom stereocenters. The molecule has 1 aromatic carbocycles. The monoisotopic (exact) mass is 361 g/mol. The molecule has 21 heavy (non-hydrogen) atoms. The van der Waals surface area contributed by atoms with Gasteiger partial charge in [-0.2, -0.15) is 4.52 Å². The van der Waals surface area contributed by atoms with Crippen molar-refractivity contribution in [2.45, 2.75) is 5.75 Å². The predicted molar refractivity (Wildman–Crippen MR) is 82.2 cm³/mol. The first kappa shape index (κ1) is 12.9. The van der Waals surface area contributed by atoms with E-state index in [1.807, 2.05) is 24.3 Å². The van der Waals surface area contributed by atoms with Gasteiger partial charge >= 0.3 is 0 Å². The van der Waals surface area contributed by atoms with E-state index in [1.165, 1.54) is 4.52 Å². The van der Waals surface area contributed by atoms with Gasteiger partial charge in [0.25, 0.3) is 5.78 Å². The second-order valence-corrected chi connectivity index (χ2v) is 6.50. The van der Waals surface area contributed by atoms with Crippen LogP contribution in [-0.2, 0) is 5.75 Å². The van der Waals surface area contributed by atoms with Crippen molar-refractivity contribution in [2.75, 3.05) is 5.75 Å². The standard InChI is InChI=1S/C13H8BrN5OS/c14-8-3-1-7(2-4-8)12-11-9(5-21-6-10(11)20)15-13-16-17-18-19(12)13/h1-4H,5-6H2. The minimum atomic E-state index is 0.0732. The van der Waals surface area contributed by atoms with Gasteiger partial charge in [-0.15, -0.1) is 11.8 Å². The Morgan fingerprint density at radius 1 is 1.19 bits per heavy atom. The van der Waals surface area contributed by atoms with Crippen LogP contribution in [0.15, 0.2) is 28.7 Å². The molecule has 0 bridgehead atoms. The van der Waals surface area contributed by atoms with Crippen LogP contribution < -0.4 is 0 Å². The third-order valence-corrected chi connectivity index (χ3v) is 4.77. The van der Waals surface area contributed by atoms with Crippen molar-refractivity contribution in [3.8, 4) is 11.3 Å².